The van der Waals surface area contributed by atoms with Gasteiger partial charge in [-0.15, -0.1) is 0 Å². The largest absolute Gasteiger partial charge is 0.305 e. The molecule has 6 heteroatoms. The highest BCUT2D eigenvalue weighted by molar-refractivity contribution is 6.37. The van der Waals surface area contributed by atoms with Crippen LogP contribution in [0.4, 0.5) is 5.82 Å². The Hall–Kier alpha value is -1.52. The number of aromatic nitrogens is 2. The Balaban J connectivity index is 2.16. The summed E-state index contributed by atoms with van der Waals surface area (Å²) in [7, 11) is 0. The Morgan fingerprint density at radius 1 is 1.39 bits per heavy atom. The average Bonchev–Trinajstić information content (AvgIpc) is 2.76. The standard InChI is InChI=1S/C12H11Cl2N3O/c1-2-8-6-11(17-16-8)15-12(18)9-4-3-7(13)5-10(9)14/h3-6H,2H2,1H3,(H2,15,16,17,18). The molecule has 0 unspecified atom stereocenters. The molecule has 0 saturated heterocycles. The zero-order chi connectivity index (χ0) is 13.1. The molecular formula is C12H11Cl2N3O. The molecule has 0 bridgehead atoms. The predicted molar refractivity (Wildman–Crippen MR) is 72.4 cm³/mol. The molecule has 0 radical (unpaired) electrons. The minimum atomic E-state index is -0.314. The van der Waals surface area contributed by atoms with Gasteiger partial charge in [0, 0.05) is 16.8 Å². The number of carbonyl (C=O) groups is 1. The highest BCUT2D eigenvalue weighted by atomic mass is 35.5. The van der Waals surface area contributed by atoms with Crippen molar-refractivity contribution in [2.75, 3.05) is 5.32 Å². The van der Waals surface area contributed by atoms with E-state index in [4.69, 9.17) is 23.2 Å². The van der Waals surface area contributed by atoms with Gasteiger partial charge in [0.05, 0.1) is 10.6 Å². The van der Waals surface area contributed by atoms with Gasteiger partial charge in [0.15, 0.2) is 5.82 Å². The lowest BCUT2D eigenvalue weighted by Gasteiger charge is -2.04. The van der Waals surface area contributed by atoms with Crippen LogP contribution in [0.3, 0.4) is 0 Å². The van der Waals surface area contributed by atoms with Gasteiger partial charge in [-0.2, -0.15) is 5.10 Å². The van der Waals surface area contributed by atoms with Gasteiger partial charge >= 0.3 is 0 Å². The Kier molecular flexibility index (Phi) is 3.89. The fourth-order valence-electron chi connectivity index (χ4n) is 1.46. The Bertz CT molecular complexity index is 580. The van der Waals surface area contributed by atoms with Crippen LogP contribution in [0, 0.1) is 0 Å². The summed E-state index contributed by atoms with van der Waals surface area (Å²) in [6.07, 6.45) is 0.824. The molecule has 0 fully saturated rings. The first-order chi connectivity index (χ1) is 8.60. The summed E-state index contributed by atoms with van der Waals surface area (Å²) < 4.78 is 0. The topological polar surface area (TPSA) is 57.8 Å². The van der Waals surface area contributed by atoms with Crippen molar-refractivity contribution in [3.63, 3.8) is 0 Å². The summed E-state index contributed by atoms with van der Waals surface area (Å²) in [5, 5.41) is 10.3. The normalized spacial score (nSPS) is 10.4. The minimum Gasteiger partial charge on any atom is -0.305 e. The molecule has 94 valence electrons. The molecule has 0 aliphatic rings. The number of aryl methyl sites for hydroxylation is 1. The average molecular weight is 284 g/mol. The lowest BCUT2D eigenvalue weighted by atomic mass is 10.2. The maximum absolute atomic E-state index is 12.0. The molecule has 1 aromatic heterocycles. The Morgan fingerprint density at radius 2 is 2.17 bits per heavy atom. The van der Waals surface area contributed by atoms with Crippen LogP contribution in [0.15, 0.2) is 24.3 Å². The number of hydrogen-bond donors (Lipinski definition) is 2. The van der Waals surface area contributed by atoms with Gasteiger partial charge in [-0.25, -0.2) is 0 Å². The number of hydrogen-bond acceptors (Lipinski definition) is 2. The summed E-state index contributed by atoms with van der Waals surface area (Å²) in [6.45, 7) is 2.00. The molecule has 0 aliphatic carbocycles. The third-order valence-corrected chi connectivity index (χ3v) is 2.98. The smallest absolute Gasteiger partial charge is 0.258 e. The van der Waals surface area contributed by atoms with Gasteiger partial charge in [0.1, 0.15) is 0 Å². The van der Waals surface area contributed by atoms with Gasteiger partial charge < -0.3 is 5.32 Å². The van der Waals surface area contributed by atoms with E-state index < -0.39 is 0 Å². The van der Waals surface area contributed by atoms with Crippen LogP contribution in [0.5, 0.6) is 0 Å². The lowest BCUT2D eigenvalue weighted by Crippen LogP contribution is -2.12. The van der Waals surface area contributed by atoms with Crippen LogP contribution in [0.2, 0.25) is 10.0 Å². The van der Waals surface area contributed by atoms with Crippen molar-refractivity contribution in [3.05, 3.63) is 45.6 Å². The quantitative estimate of drug-likeness (QED) is 0.905. The number of benzene rings is 1. The summed E-state index contributed by atoms with van der Waals surface area (Å²) in [5.74, 6) is 0.161. The molecule has 0 spiro atoms. The number of halogens is 2. The molecule has 0 atom stereocenters. The summed E-state index contributed by atoms with van der Waals surface area (Å²) in [5.41, 5.74) is 1.31. The highest BCUT2D eigenvalue weighted by Crippen LogP contribution is 2.21. The number of H-pyrrole nitrogens is 1. The number of aromatic amines is 1. The fourth-order valence-corrected chi connectivity index (χ4v) is 1.96. The first kappa shape index (κ1) is 12.9. The minimum absolute atomic E-state index is 0.311. The van der Waals surface area contributed by atoms with Crippen molar-refractivity contribution in [2.45, 2.75) is 13.3 Å². The molecule has 0 aliphatic heterocycles. The second-order valence-electron chi connectivity index (χ2n) is 3.71. The first-order valence-corrected chi connectivity index (χ1v) is 6.16. The summed E-state index contributed by atoms with van der Waals surface area (Å²) >= 11 is 11.7. The van der Waals surface area contributed by atoms with Gasteiger partial charge in [-0.05, 0) is 24.6 Å². The number of nitrogens with zero attached hydrogens (tertiary/aromatic N) is 1. The van der Waals surface area contributed by atoms with Crippen molar-refractivity contribution < 1.29 is 4.79 Å². The highest BCUT2D eigenvalue weighted by Gasteiger charge is 2.12. The van der Waals surface area contributed by atoms with Crippen LogP contribution < -0.4 is 5.32 Å². The Labute approximate surface area is 114 Å². The van der Waals surface area contributed by atoms with Crippen LogP contribution in [-0.2, 0) is 6.42 Å². The first-order valence-electron chi connectivity index (χ1n) is 5.41. The molecule has 1 aromatic carbocycles. The molecule has 1 amide bonds. The SMILES string of the molecule is CCc1cc(NC(=O)c2ccc(Cl)cc2Cl)n[nH]1. The van der Waals surface area contributed by atoms with Crippen LogP contribution in [0.25, 0.3) is 0 Å². The van der Waals surface area contributed by atoms with Gasteiger partial charge in [0.25, 0.3) is 5.91 Å². The second kappa shape index (κ2) is 5.42. The van der Waals surface area contributed by atoms with Gasteiger partial charge in [-0.1, -0.05) is 30.1 Å². The molecule has 1 heterocycles. The molecule has 2 rings (SSSR count). The fraction of sp³-hybridized carbons (Fsp3) is 0.167. The van der Waals surface area contributed by atoms with E-state index in [-0.39, 0.29) is 5.91 Å². The third kappa shape index (κ3) is 2.83. The lowest BCUT2D eigenvalue weighted by molar-refractivity contribution is 0.102. The van der Waals surface area contributed by atoms with Crippen molar-refractivity contribution in [1.29, 1.82) is 0 Å². The molecular weight excluding hydrogens is 273 g/mol. The van der Waals surface area contributed by atoms with Gasteiger partial charge in [0.2, 0.25) is 0 Å². The van der Waals surface area contributed by atoms with E-state index in [1.54, 1.807) is 18.2 Å². The van der Waals surface area contributed by atoms with Crippen molar-refractivity contribution in [1.82, 2.24) is 10.2 Å². The molecule has 2 N–H and O–H groups in total. The summed E-state index contributed by atoms with van der Waals surface area (Å²) in [4.78, 5) is 12.0. The zero-order valence-corrected chi connectivity index (χ0v) is 11.1. The third-order valence-electron chi connectivity index (χ3n) is 2.43. The van der Waals surface area contributed by atoms with E-state index in [0.717, 1.165) is 12.1 Å². The number of rotatable bonds is 3. The van der Waals surface area contributed by atoms with Crippen molar-refractivity contribution in [3.8, 4) is 0 Å². The predicted octanol–water partition coefficient (Wildman–Crippen LogP) is 3.53. The second-order valence-corrected chi connectivity index (χ2v) is 4.55. The number of nitrogens with one attached hydrogen (secondary N) is 2. The molecule has 4 nitrogen and oxygen atoms in total. The maximum Gasteiger partial charge on any atom is 0.258 e. The van der Waals surface area contributed by atoms with E-state index >= 15 is 0 Å². The van der Waals surface area contributed by atoms with Crippen LogP contribution in [0.1, 0.15) is 23.0 Å². The van der Waals surface area contributed by atoms with Crippen LogP contribution in [-0.4, -0.2) is 16.1 Å². The monoisotopic (exact) mass is 283 g/mol. The molecule has 0 saturated carbocycles. The molecule has 2 aromatic rings. The van der Waals surface area contributed by atoms with E-state index in [1.165, 1.54) is 6.07 Å². The van der Waals surface area contributed by atoms with E-state index in [1.807, 2.05) is 6.92 Å². The summed E-state index contributed by atoms with van der Waals surface area (Å²) in [6, 6.07) is 6.50. The van der Waals surface area contributed by atoms with Crippen molar-refractivity contribution in [2.24, 2.45) is 0 Å². The van der Waals surface area contributed by atoms with E-state index in [2.05, 4.69) is 15.5 Å². The zero-order valence-electron chi connectivity index (χ0n) is 9.63. The molecule has 18 heavy (non-hydrogen) atoms. The van der Waals surface area contributed by atoms with E-state index in [9.17, 15) is 4.79 Å². The van der Waals surface area contributed by atoms with Crippen molar-refractivity contribution >= 4 is 34.9 Å². The van der Waals surface area contributed by atoms with Gasteiger partial charge in [-0.3, -0.25) is 9.89 Å². The number of carbonyl (C=O) groups excluding carboxylic acids is 1. The number of anilines is 1. The van der Waals surface area contributed by atoms with E-state index in [0.29, 0.717) is 21.4 Å². The Morgan fingerprint density at radius 3 is 2.78 bits per heavy atom. The van der Waals surface area contributed by atoms with Crippen LogP contribution >= 0.6 is 23.2 Å². The number of amides is 1. The maximum atomic E-state index is 12.0.